The number of dihydropyridines is 1. The van der Waals surface area contributed by atoms with Crippen LogP contribution in [-0.2, 0) is 20.7 Å². The number of carbonyl (C=O) groups is 2. The molecular formula is C26H27NO3. The minimum Gasteiger partial charge on any atom is -0.466 e. The number of aryl methyl sites for hydroxylation is 1. The zero-order chi connectivity index (χ0) is 21.3. The van der Waals surface area contributed by atoms with Gasteiger partial charge in [-0.2, -0.15) is 0 Å². The number of hydrogen-bond acceptors (Lipinski definition) is 4. The Morgan fingerprint density at radius 1 is 1.03 bits per heavy atom. The van der Waals surface area contributed by atoms with Gasteiger partial charge >= 0.3 is 5.97 Å². The number of nitrogens with one attached hydrogen (secondary N) is 1. The summed E-state index contributed by atoms with van der Waals surface area (Å²) in [5.41, 5.74) is 6.25. The molecule has 4 nitrogen and oxygen atoms in total. The summed E-state index contributed by atoms with van der Waals surface area (Å²) in [6, 6.07) is 18.4. The molecule has 30 heavy (non-hydrogen) atoms. The second kappa shape index (κ2) is 8.31. The summed E-state index contributed by atoms with van der Waals surface area (Å²) < 4.78 is 5.09. The fourth-order valence-electron chi connectivity index (χ4n) is 4.66. The molecular weight excluding hydrogens is 374 g/mol. The summed E-state index contributed by atoms with van der Waals surface area (Å²) in [5, 5.41) is 3.37. The molecule has 0 bridgehead atoms. The van der Waals surface area contributed by atoms with Gasteiger partial charge in [-0.15, -0.1) is 0 Å². The average molecular weight is 402 g/mol. The first-order valence-electron chi connectivity index (χ1n) is 10.5. The van der Waals surface area contributed by atoms with Crippen LogP contribution in [0.2, 0.25) is 0 Å². The molecule has 1 N–H and O–H groups in total. The van der Waals surface area contributed by atoms with Crippen LogP contribution in [0.5, 0.6) is 0 Å². The number of rotatable bonds is 4. The van der Waals surface area contributed by atoms with Gasteiger partial charge in [0.1, 0.15) is 0 Å². The molecule has 1 aliphatic carbocycles. The lowest BCUT2D eigenvalue weighted by Gasteiger charge is -2.36. The zero-order valence-corrected chi connectivity index (χ0v) is 17.7. The molecule has 0 spiro atoms. The summed E-state index contributed by atoms with van der Waals surface area (Å²) >= 11 is 0. The van der Waals surface area contributed by atoms with Gasteiger partial charge in [-0.3, -0.25) is 4.79 Å². The number of methoxy groups -OCH3 is 1. The van der Waals surface area contributed by atoms with E-state index in [1.165, 1.54) is 18.2 Å². The van der Waals surface area contributed by atoms with Gasteiger partial charge in [0.25, 0.3) is 0 Å². The molecule has 1 heterocycles. The third-order valence-electron chi connectivity index (χ3n) is 6.23. The quantitative estimate of drug-likeness (QED) is 0.749. The van der Waals surface area contributed by atoms with Crippen molar-refractivity contribution in [2.24, 2.45) is 0 Å². The van der Waals surface area contributed by atoms with Crippen LogP contribution in [-0.4, -0.2) is 18.9 Å². The lowest BCUT2D eigenvalue weighted by atomic mass is 9.71. The maximum absolute atomic E-state index is 13.4. The van der Waals surface area contributed by atoms with E-state index in [1.54, 1.807) is 0 Å². The Morgan fingerprint density at radius 3 is 2.37 bits per heavy atom. The van der Waals surface area contributed by atoms with E-state index in [4.69, 9.17) is 4.74 Å². The van der Waals surface area contributed by atoms with Crippen LogP contribution >= 0.6 is 0 Å². The summed E-state index contributed by atoms with van der Waals surface area (Å²) in [7, 11) is 1.39. The molecule has 2 aromatic carbocycles. The van der Waals surface area contributed by atoms with Gasteiger partial charge in [-0.1, -0.05) is 61.5 Å². The third kappa shape index (κ3) is 3.58. The predicted molar refractivity (Wildman–Crippen MR) is 117 cm³/mol. The van der Waals surface area contributed by atoms with Gasteiger partial charge in [0, 0.05) is 29.3 Å². The zero-order valence-electron chi connectivity index (χ0n) is 17.7. The Balaban J connectivity index is 1.80. The lowest BCUT2D eigenvalue weighted by molar-refractivity contribution is -0.136. The largest absolute Gasteiger partial charge is 0.466 e. The summed E-state index contributed by atoms with van der Waals surface area (Å²) in [4.78, 5) is 26.1. The van der Waals surface area contributed by atoms with Gasteiger partial charge in [0.05, 0.1) is 12.7 Å². The summed E-state index contributed by atoms with van der Waals surface area (Å²) in [5.74, 6) is -0.561. The molecule has 0 fully saturated rings. The lowest BCUT2D eigenvalue weighted by Crippen LogP contribution is -2.36. The molecule has 2 aliphatic rings. The first kappa shape index (κ1) is 20.1. The maximum atomic E-state index is 13.4. The summed E-state index contributed by atoms with van der Waals surface area (Å²) in [6.45, 7) is 4.00. The number of benzene rings is 2. The highest BCUT2D eigenvalue weighted by atomic mass is 16.5. The van der Waals surface area contributed by atoms with Gasteiger partial charge in [-0.25, -0.2) is 4.79 Å². The SMILES string of the molecule is CCc1ccc(C2C(C(=O)OC)=C(C)NC3=C2C(=O)CC(c2ccccc2)C3)cc1. The van der Waals surface area contributed by atoms with Crippen LogP contribution in [0.4, 0.5) is 0 Å². The van der Waals surface area contributed by atoms with Crippen molar-refractivity contribution in [1.82, 2.24) is 5.32 Å². The highest BCUT2D eigenvalue weighted by molar-refractivity contribution is 6.04. The van der Waals surface area contributed by atoms with E-state index in [1.807, 2.05) is 37.3 Å². The van der Waals surface area contributed by atoms with Gasteiger partial charge in [-0.05, 0) is 42.4 Å². The minimum absolute atomic E-state index is 0.0936. The van der Waals surface area contributed by atoms with Gasteiger partial charge < -0.3 is 10.1 Å². The van der Waals surface area contributed by atoms with E-state index >= 15 is 0 Å². The first-order valence-corrected chi connectivity index (χ1v) is 10.5. The molecule has 2 aromatic rings. The molecule has 2 unspecified atom stereocenters. The van der Waals surface area contributed by atoms with Crippen molar-refractivity contribution >= 4 is 11.8 Å². The van der Waals surface area contributed by atoms with Gasteiger partial charge in [0.15, 0.2) is 5.78 Å². The Kier molecular flexibility index (Phi) is 5.58. The average Bonchev–Trinajstić information content (AvgIpc) is 2.78. The normalized spacial score (nSPS) is 21.2. The number of ketones is 1. The molecule has 154 valence electrons. The van der Waals surface area contributed by atoms with Crippen molar-refractivity contribution < 1.29 is 14.3 Å². The number of hydrogen-bond donors (Lipinski definition) is 1. The number of esters is 1. The van der Waals surface area contributed by atoms with Crippen molar-refractivity contribution in [3.63, 3.8) is 0 Å². The Bertz CT molecular complexity index is 1030. The van der Waals surface area contributed by atoms with E-state index in [0.29, 0.717) is 17.6 Å². The Morgan fingerprint density at radius 2 is 1.73 bits per heavy atom. The van der Waals surface area contributed by atoms with Crippen molar-refractivity contribution in [3.05, 3.63) is 93.8 Å². The topological polar surface area (TPSA) is 55.4 Å². The Hall–Kier alpha value is -3.14. The second-order valence-electron chi connectivity index (χ2n) is 8.01. The molecule has 0 saturated carbocycles. The molecule has 1 aliphatic heterocycles. The van der Waals surface area contributed by atoms with E-state index in [0.717, 1.165) is 29.8 Å². The van der Waals surface area contributed by atoms with E-state index in [9.17, 15) is 9.59 Å². The van der Waals surface area contributed by atoms with E-state index in [2.05, 4.69) is 36.5 Å². The number of Topliss-reactive ketones (excluding diaryl/α,β-unsaturated/α-hetero) is 1. The van der Waals surface area contributed by atoms with Crippen LogP contribution < -0.4 is 5.32 Å². The number of carbonyl (C=O) groups excluding carboxylic acids is 2. The van der Waals surface area contributed by atoms with Crippen LogP contribution in [0.1, 0.15) is 55.2 Å². The van der Waals surface area contributed by atoms with Crippen LogP contribution in [0, 0.1) is 0 Å². The van der Waals surface area contributed by atoms with Crippen molar-refractivity contribution in [2.75, 3.05) is 7.11 Å². The fourth-order valence-corrected chi connectivity index (χ4v) is 4.66. The molecule has 0 saturated heterocycles. The molecule has 0 aromatic heterocycles. The first-order chi connectivity index (χ1) is 14.5. The fraction of sp³-hybridized carbons (Fsp3) is 0.308. The van der Waals surface area contributed by atoms with Crippen LogP contribution in [0.25, 0.3) is 0 Å². The second-order valence-corrected chi connectivity index (χ2v) is 8.01. The smallest absolute Gasteiger partial charge is 0.336 e. The molecule has 2 atom stereocenters. The van der Waals surface area contributed by atoms with Gasteiger partial charge in [0.2, 0.25) is 0 Å². The van der Waals surface area contributed by atoms with Crippen molar-refractivity contribution in [1.29, 1.82) is 0 Å². The molecule has 0 radical (unpaired) electrons. The van der Waals surface area contributed by atoms with E-state index in [-0.39, 0.29) is 11.7 Å². The monoisotopic (exact) mass is 401 g/mol. The summed E-state index contributed by atoms with van der Waals surface area (Å²) in [6.07, 6.45) is 2.14. The minimum atomic E-state index is -0.399. The number of ether oxygens (including phenoxy) is 1. The number of allylic oxidation sites excluding steroid dienone is 3. The Labute approximate surface area is 177 Å². The maximum Gasteiger partial charge on any atom is 0.336 e. The highest BCUT2D eigenvalue weighted by Gasteiger charge is 2.41. The standard InChI is InChI=1S/C26H27NO3/c1-4-17-10-12-19(13-11-17)24-23(26(29)30-3)16(2)27-21-14-20(15-22(28)25(21)24)18-8-6-5-7-9-18/h5-13,20,24,27H,4,14-15H2,1-3H3. The van der Waals surface area contributed by atoms with E-state index < -0.39 is 11.9 Å². The van der Waals surface area contributed by atoms with Crippen LogP contribution in [0.3, 0.4) is 0 Å². The predicted octanol–water partition coefficient (Wildman–Crippen LogP) is 4.78. The highest BCUT2D eigenvalue weighted by Crippen LogP contribution is 2.45. The molecule has 4 rings (SSSR count). The van der Waals surface area contributed by atoms with Crippen molar-refractivity contribution in [2.45, 2.75) is 44.9 Å². The molecule has 0 amide bonds. The molecule has 4 heteroatoms. The van der Waals surface area contributed by atoms with Crippen molar-refractivity contribution in [3.8, 4) is 0 Å². The third-order valence-corrected chi connectivity index (χ3v) is 6.23. The van der Waals surface area contributed by atoms with Crippen LogP contribution in [0.15, 0.2) is 77.1 Å².